The largest absolute Gasteiger partial charge is 0.494 e. The monoisotopic (exact) mass is 475 g/mol. The van der Waals surface area contributed by atoms with Crippen LogP contribution < -0.4 is 19.7 Å². The Morgan fingerprint density at radius 2 is 1.86 bits per heavy atom. The Balaban J connectivity index is 1.50. The minimum Gasteiger partial charge on any atom is -0.494 e. The Hall–Kier alpha value is -3.35. The highest BCUT2D eigenvalue weighted by Gasteiger charge is 2.23. The van der Waals surface area contributed by atoms with Crippen LogP contribution in [0, 0.1) is 12.8 Å². The van der Waals surface area contributed by atoms with Crippen LogP contribution in [0.1, 0.15) is 56.2 Å². The highest BCUT2D eigenvalue weighted by atomic mass is 16.5. The minimum atomic E-state index is 0.342. The normalized spacial score (nSPS) is 14.3. The maximum absolute atomic E-state index is 5.89. The zero-order chi connectivity index (χ0) is 24.8. The average molecular weight is 476 g/mol. The molecule has 4 rings (SSSR count). The first-order valence-corrected chi connectivity index (χ1v) is 12.6. The summed E-state index contributed by atoms with van der Waals surface area (Å²) in [5.74, 6) is 4.00. The first kappa shape index (κ1) is 24.8. The molecule has 0 radical (unpaired) electrons. The van der Waals surface area contributed by atoms with E-state index in [1.807, 2.05) is 19.3 Å². The number of rotatable bonds is 9. The first-order chi connectivity index (χ1) is 17.0. The van der Waals surface area contributed by atoms with Crippen molar-refractivity contribution < 1.29 is 9.47 Å². The van der Waals surface area contributed by atoms with E-state index in [1.54, 1.807) is 13.3 Å². The number of aryl methyl sites for hydroxylation is 1. The number of aromatic nitrogens is 3. The zero-order valence-corrected chi connectivity index (χ0v) is 21.5. The van der Waals surface area contributed by atoms with Crippen molar-refractivity contribution in [2.45, 2.75) is 52.9 Å². The number of ether oxygens (including phenoxy) is 2. The molecule has 0 amide bonds. The van der Waals surface area contributed by atoms with Crippen LogP contribution in [0.25, 0.3) is 0 Å². The maximum atomic E-state index is 5.89. The quantitative estimate of drug-likeness (QED) is 0.412. The molecule has 3 aromatic rings. The van der Waals surface area contributed by atoms with E-state index in [4.69, 9.17) is 14.5 Å². The van der Waals surface area contributed by atoms with Crippen molar-refractivity contribution in [2.75, 3.05) is 37.0 Å². The van der Waals surface area contributed by atoms with Crippen molar-refractivity contribution in [3.05, 3.63) is 59.5 Å². The van der Waals surface area contributed by atoms with Crippen molar-refractivity contribution in [3.8, 4) is 11.5 Å². The molecule has 3 heterocycles. The molecule has 0 bridgehead atoms. The Morgan fingerprint density at radius 3 is 2.51 bits per heavy atom. The van der Waals surface area contributed by atoms with Gasteiger partial charge in [0.25, 0.3) is 0 Å². The molecular formula is C28H37N5O2. The smallest absolute Gasteiger partial charge is 0.227 e. The second-order valence-corrected chi connectivity index (χ2v) is 9.49. The predicted octanol–water partition coefficient (Wildman–Crippen LogP) is 5.91. The number of hydrogen-bond acceptors (Lipinski definition) is 7. The highest BCUT2D eigenvalue weighted by molar-refractivity contribution is 5.68. The van der Waals surface area contributed by atoms with Crippen molar-refractivity contribution >= 4 is 17.5 Å². The van der Waals surface area contributed by atoms with E-state index in [-0.39, 0.29) is 0 Å². The third-order valence-electron chi connectivity index (χ3n) is 6.67. The zero-order valence-electron chi connectivity index (χ0n) is 21.5. The van der Waals surface area contributed by atoms with E-state index in [0.29, 0.717) is 30.0 Å². The van der Waals surface area contributed by atoms with Gasteiger partial charge in [-0.05, 0) is 85.9 Å². The molecule has 2 aromatic heterocycles. The maximum Gasteiger partial charge on any atom is 0.227 e. The van der Waals surface area contributed by atoms with Gasteiger partial charge in [0.2, 0.25) is 5.95 Å². The van der Waals surface area contributed by atoms with Crippen molar-refractivity contribution in [3.63, 3.8) is 0 Å². The van der Waals surface area contributed by atoms with Crippen LogP contribution in [0.4, 0.5) is 17.5 Å². The van der Waals surface area contributed by atoms with Crippen LogP contribution in [-0.4, -0.2) is 41.8 Å². The fourth-order valence-electron chi connectivity index (χ4n) is 4.63. The Morgan fingerprint density at radius 1 is 1.11 bits per heavy atom. The third kappa shape index (κ3) is 6.02. The van der Waals surface area contributed by atoms with Crippen LogP contribution >= 0.6 is 0 Å². The predicted molar refractivity (Wildman–Crippen MR) is 141 cm³/mol. The van der Waals surface area contributed by atoms with E-state index in [2.05, 4.69) is 65.2 Å². The number of anilines is 3. The fraction of sp³-hybridized carbons (Fsp3) is 0.464. The number of nitrogens with zero attached hydrogens (tertiary/aromatic N) is 4. The summed E-state index contributed by atoms with van der Waals surface area (Å²) in [7, 11) is 1.65. The molecule has 1 N–H and O–H groups in total. The van der Waals surface area contributed by atoms with Crippen LogP contribution in [-0.2, 0) is 6.42 Å². The van der Waals surface area contributed by atoms with Crippen molar-refractivity contribution in [2.24, 2.45) is 5.92 Å². The van der Waals surface area contributed by atoms with Gasteiger partial charge in [0, 0.05) is 31.2 Å². The van der Waals surface area contributed by atoms with Gasteiger partial charge in [-0.15, -0.1) is 0 Å². The van der Waals surface area contributed by atoms with E-state index in [1.165, 1.54) is 11.1 Å². The molecule has 0 spiro atoms. The van der Waals surface area contributed by atoms with Crippen molar-refractivity contribution in [1.29, 1.82) is 0 Å². The lowest BCUT2D eigenvalue weighted by atomic mass is 9.90. The molecular weight excluding hydrogens is 438 g/mol. The van der Waals surface area contributed by atoms with E-state index in [9.17, 15) is 0 Å². The second kappa shape index (κ2) is 11.4. The summed E-state index contributed by atoms with van der Waals surface area (Å²) < 4.78 is 11.5. The van der Waals surface area contributed by atoms with E-state index >= 15 is 0 Å². The van der Waals surface area contributed by atoms with Gasteiger partial charge in [-0.3, -0.25) is 4.98 Å². The Bertz CT molecular complexity index is 1110. The summed E-state index contributed by atoms with van der Waals surface area (Å²) in [6.07, 6.45) is 8.86. The molecule has 7 nitrogen and oxygen atoms in total. The van der Waals surface area contributed by atoms with E-state index < -0.39 is 0 Å². The molecule has 1 aliphatic rings. The number of benzene rings is 1. The number of methoxy groups -OCH3 is 1. The molecule has 0 aliphatic carbocycles. The molecule has 1 fully saturated rings. The summed E-state index contributed by atoms with van der Waals surface area (Å²) >= 11 is 0. The molecule has 7 heteroatoms. The fourth-order valence-corrected chi connectivity index (χ4v) is 4.63. The van der Waals surface area contributed by atoms with Gasteiger partial charge in [-0.2, -0.15) is 4.98 Å². The lowest BCUT2D eigenvalue weighted by molar-refractivity contribution is 0.335. The summed E-state index contributed by atoms with van der Waals surface area (Å²) in [5, 5.41) is 3.51. The lowest BCUT2D eigenvalue weighted by Gasteiger charge is -2.32. The Labute approximate surface area is 208 Å². The van der Waals surface area contributed by atoms with Crippen LogP contribution in [0.3, 0.4) is 0 Å². The van der Waals surface area contributed by atoms with Gasteiger partial charge in [0.1, 0.15) is 5.75 Å². The SMILES string of the molecule is CCOc1cc(C)c(Nc2nc(N3CCC(Cc4ccncc4)CC3)ncc2OC)cc1C(C)C. The molecule has 35 heavy (non-hydrogen) atoms. The van der Waals surface area contributed by atoms with Gasteiger partial charge in [0.05, 0.1) is 19.9 Å². The summed E-state index contributed by atoms with van der Waals surface area (Å²) in [5.41, 5.74) is 4.62. The van der Waals surface area contributed by atoms with Gasteiger partial charge in [-0.1, -0.05) is 13.8 Å². The van der Waals surface area contributed by atoms with Gasteiger partial charge in [0.15, 0.2) is 11.6 Å². The third-order valence-corrected chi connectivity index (χ3v) is 6.67. The molecule has 0 saturated carbocycles. The topological polar surface area (TPSA) is 72.4 Å². The van der Waals surface area contributed by atoms with Crippen molar-refractivity contribution in [1.82, 2.24) is 15.0 Å². The molecule has 0 atom stereocenters. The highest BCUT2D eigenvalue weighted by Crippen LogP contribution is 2.35. The van der Waals surface area contributed by atoms with Crippen LogP contribution in [0.2, 0.25) is 0 Å². The number of hydrogen-bond donors (Lipinski definition) is 1. The number of piperidine rings is 1. The molecule has 1 saturated heterocycles. The minimum absolute atomic E-state index is 0.342. The van der Waals surface area contributed by atoms with Gasteiger partial charge < -0.3 is 19.7 Å². The number of nitrogens with one attached hydrogen (secondary N) is 1. The molecule has 1 aromatic carbocycles. The molecule has 0 unspecified atom stereocenters. The summed E-state index contributed by atoms with van der Waals surface area (Å²) in [6.45, 7) is 11.0. The van der Waals surface area contributed by atoms with Gasteiger partial charge in [-0.25, -0.2) is 4.98 Å². The molecule has 1 aliphatic heterocycles. The first-order valence-electron chi connectivity index (χ1n) is 12.6. The molecule has 186 valence electrons. The summed E-state index contributed by atoms with van der Waals surface area (Å²) in [4.78, 5) is 15.9. The summed E-state index contributed by atoms with van der Waals surface area (Å²) in [6, 6.07) is 8.50. The van der Waals surface area contributed by atoms with E-state index in [0.717, 1.165) is 55.3 Å². The lowest BCUT2D eigenvalue weighted by Crippen LogP contribution is -2.35. The Kier molecular flexibility index (Phi) is 8.06. The van der Waals surface area contributed by atoms with Crippen LogP contribution in [0.5, 0.6) is 11.5 Å². The average Bonchev–Trinajstić information content (AvgIpc) is 2.86. The van der Waals surface area contributed by atoms with Crippen LogP contribution in [0.15, 0.2) is 42.9 Å². The number of pyridine rings is 1. The van der Waals surface area contributed by atoms with Gasteiger partial charge >= 0.3 is 0 Å². The standard InChI is InChI=1S/C28H37N5O2/c1-6-35-25-15-20(4)24(17-23(25)19(2)3)31-27-26(34-5)18-30-28(32-27)33-13-9-22(10-14-33)16-21-7-11-29-12-8-21/h7-8,11-12,15,17-19,22H,6,9-10,13-14,16H2,1-5H3,(H,30,31,32). The second-order valence-electron chi connectivity index (χ2n) is 9.49.